The summed E-state index contributed by atoms with van der Waals surface area (Å²) in [6, 6.07) is 0.474. The van der Waals surface area contributed by atoms with Gasteiger partial charge < -0.3 is 15.1 Å². The number of nitrogens with one attached hydrogen (secondary N) is 1. The number of hydrogen-bond acceptors (Lipinski definition) is 3. The fourth-order valence-corrected chi connectivity index (χ4v) is 3.17. The number of fused-ring (bicyclic) bond motifs is 4. The first-order chi connectivity index (χ1) is 9.63. The van der Waals surface area contributed by atoms with E-state index in [0.717, 1.165) is 44.6 Å². The number of nitrogens with zero attached hydrogens (tertiary/aromatic N) is 4. The van der Waals surface area contributed by atoms with Gasteiger partial charge in [0.2, 0.25) is 0 Å². The predicted molar refractivity (Wildman–Crippen MR) is 76.3 cm³/mol. The van der Waals surface area contributed by atoms with Crippen LogP contribution in [0.5, 0.6) is 0 Å². The minimum Gasteiger partial charge on any atom is -0.331 e. The molecule has 6 heteroatoms. The first kappa shape index (κ1) is 13.4. The van der Waals surface area contributed by atoms with Gasteiger partial charge in [0.05, 0.1) is 12.2 Å². The van der Waals surface area contributed by atoms with Gasteiger partial charge in [0.1, 0.15) is 0 Å². The van der Waals surface area contributed by atoms with Gasteiger partial charge in [0.25, 0.3) is 0 Å². The van der Waals surface area contributed by atoms with Crippen LogP contribution in [0.4, 0.5) is 4.79 Å². The van der Waals surface area contributed by atoms with Crippen LogP contribution in [0.2, 0.25) is 0 Å². The summed E-state index contributed by atoms with van der Waals surface area (Å²) in [6.45, 7) is 6.12. The minimum absolute atomic E-state index is 0.00282. The van der Waals surface area contributed by atoms with E-state index in [1.54, 1.807) is 4.68 Å². The van der Waals surface area contributed by atoms with Crippen molar-refractivity contribution in [3.63, 3.8) is 0 Å². The molecule has 3 fully saturated rings. The van der Waals surface area contributed by atoms with Crippen molar-refractivity contribution in [2.24, 2.45) is 7.05 Å². The zero-order valence-electron chi connectivity index (χ0n) is 12.2. The second-order valence-electron chi connectivity index (χ2n) is 5.88. The molecule has 2 amide bonds. The van der Waals surface area contributed by atoms with E-state index in [-0.39, 0.29) is 12.1 Å². The van der Waals surface area contributed by atoms with Crippen LogP contribution in [0.15, 0.2) is 12.4 Å². The molecule has 4 rings (SSSR count). The highest BCUT2D eigenvalue weighted by Gasteiger charge is 2.32. The molecular formula is C14H23N5O. The third-order valence-corrected chi connectivity index (χ3v) is 4.48. The molecule has 1 unspecified atom stereocenters. The smallest absolute Gasteiger partial charge is 0.318 e. The van der Waals surface area contributed by atoms with E-state index in [9.17, 15) is 4.79 Å². The highest BCUT2D eigenvalue weighted by molar-refractivity contribution is 5.75. The third kappa shape index (κ3) is 2.65. The lowest BCUT2D eigenvalue weighted by Gasteiger charge is -2.32. The van der Waals surface area contributed by atoms with E-state index in [2.05, 4.69) is 15.3 Å². The quantitative estimate of drug-likeness (QED) is 0.876. The zero-order valence-corrected chi connectivity index (χ0v) is 12.2. The highest BCUT2D eigenvalue weighted by Crippen LogP contribution is 2.21. The normalized spacial score (nSPS) is 27.2. The summed E-state index contributed by atoms with van der Waals surface area (Å²) in [5.41, 5.74) is 1.05. The van der Waals surface area contributed by atoms with Crippen molar-refractivity contribution in [2.75, 3.05) is 26.2 Å². The van der Waals surface area contributed by atoms with Crippen molar-refractivity contribution in [1.29, 1.82) is 0 Å². The number of rotatable bonds is 2. The number of piperidine rings is 1. The molecule has 0 saturated carbocycles. The standard InChI is InChI=1S/C14H23N5O/c1-11(12-9-15-17(2)10-12)16-14(20)19-8-7-18-5-3-13(19)4-6-18/h9-11,13H,3-8H2,1-2H3,(H,16,20). The van der Waals surface area contributed by atoms with E-state index in [1.165, 1.54) is 0 Å². The minimum atomic E-state index is -0.00282. The summed E-state index contributed by atoms with van der Waals surface area (Å²) in [6.07, 6.45) is 5.97. The molecule has 2 bridgehead atoms. The Hall–Kier alpha value is -1.56. The monoisotopic (exact) mass is 277 g/mol. The Balaban J connectivity index is 1.63. The molecule has 6 nitrogen and oxygen atoms in total. The van der Waals surface area contributed by atoms with Crippen molar-refractivity contribution >= 4 is 6.03 Å². The highest BCUT2D eigenvalue weighted by atomic mass is 16.2. The SMILES string of the molecule is CC(NC(=O)N1CCN2CCC1CC2)c1cnn(C)c1. The fourth-order valence-electron chi connectivity index (χ4n) is 3.17. The Morgan fingerprint density at radius 2 is 2.10 bits per heavy atom. The molecule has 20 heavy (non-hydrogen) atoms. The molecule has 1 N–H and O–H groups in total. The van der Waals surface area contributed by atoms with Gasteiger partial charge in [0, 0.05) is 51.0 Å². The molecule has 1 atom stereocenters. The number of amides is 2. The maximum absolute atomic E-state index is 12.5. The number of urea groups is 1. The predicted octanol–water partition coefficient (Wildman–Crippen LogP) is 0.971. The van der Waals surface area contributed by atoms with Gasteiger partial charge in [0.15, 0.2) is 0 Å². The van der Waals surface area contributed by atoms with Gasteiger partial charge in [-0.1, -0.05) is 0 Å². The van der Waals surface area contributed by atoms with Crippen LogP contribution < -0.4 is 5.32 Å². The maximum atomic E-state index is 12.5. The molecule has 3 aliphatic heterocycles. The van der Waals surface area contributed by atoms with Crippen molar-refractivity contribution in [3.8, 4) is 0 Å². The maximum Gasteiger partial charge on any atom is 0.318 e. The lowest BCUT2D eigenvalue weighted by atomic mass is 10.1. The molecular weight excluding hydrogens is 254 g/mol. The second-order valence-corrected chi connectivity index (χ2v) is 5.88. The van der Waals surface area contributed by atoms with Gasteiger partial charge >= 0.3 is 6.03 Å². The molecule has 3 saturated heterocycles. The van der Waals surface area contributed by atoms with E-state index in [4.69, 9.17) is 0 Å². The Bertz CT molecular complexity index is 478. The molecule has 1 aromatic rings. The average molecular weight is 277 g/mol. The summed E-state index contributed by atoms with van der Waals surface area (Å²) in [5, 5.41) is 7.26. The number of carbonyl (C=O) groups excluding carboxylic acids is 1. The van der Waals surface area contributed by atoms with Crippen LogP contribution in [0.25, 0.3) is 0 Å². The molecule has 0 spiro atoms. The van der Waals surface area contributed by atoms with Crippen LogP contribution >= 0.6 is 0 Å². The lowest BCUT2D eigenvalue weighted by molar-refractivity contribution is 0.168. The first-order valence-corrected chi connectivity index (χ1v) is 7.41. The van der Waals surface area contributed by atoms with Gasteiger partial charge in [-0.15, -0.1) is 0 Å². The van der Waals surface area contributed by atoms with Crippen LogP contribution in [-0.4, -0.2) is 57.8 Å². The van der Waals surface area contributed by atoms with Crippen LogP contribution in [0, 0.1) is 0 Å². The molecule has 4 heterocycles. The zero-order chi connectivity index (χ0) is 14.1. The van der Waals surface area contributed by atoms with Crippen LogP contribution in [-0.2, 0) is 7.05 Å². The third-order valence-electron chi connectivity index (χ3n) is 4.48. The Kier molecular flexibility index (Phi) is 3.65. The van der Waals surface area contributed by atoms with Gasteiger partial charge in [-0.3, -0.25) is 4.68 Å². The summed E-state index contributed by atoms with van der Waals surface area (Å²) in [5.74, 6) is 0. The molecule has 110 valence electrons. The topological polar surface area (TPSA) is 53.4 Å². The summed E-state index contributed by atoms with van der Waals surface area (Å²) >= 11 is 0. The second kappa shape index (κ2) is 5.44. The Morgan fingerprint density at radius 1 is 1.35 bits per heavy atom. The van der Waals surface area contributed by atoms with Crippen molar-refractivity contribution in [1.82, 2.24) is 24.9 Å². The largest absolute Gasteiger partial charge is 0.331 e. The van der Waals surface area contributed by atoms with Crippen molar-refractivity contribution in [3.05, 3.63) is 18.0 Å². The van der Waals surface area contributed by atoms with Gasteiger partial charge in [-0.25, -0.2) is 4.79 Å². The van der Waals surface area contributed by atoms with Gasteiger partial charge in [-0.05, 0) is 19.8 Å². The van der Waals surface area contributed by atoms with Crippen LogP contribution in [0.1, 0.15) is 31.4 Å². The Morgan fingerprint density at radius 3 is 2.75 bits per heavy atom. The number of aryl methyl sites for hydroxylation is 1. The number of aromatic nitrogens is 2. The van der Waals surface area contributed by atoms with E-state index in [0.29, 0.717) is 6.04 Å². The van der Waals surface area contributed by atoms with E-state index >= 15 is 0 Å². The van der Waals surface area contributed by atoms with E-state index in [1.807, 2.05) is 31.3 Å². The van der Waals surface area contributed by atoms with Crippen LogP contribution in [0.3, 0.4) is 0 Å². The molecule has 1 aromatic heterocycles. The van der Waals surface area contributed by atoms with Gasteiger partial charge in [-0.2, -0.15) is 5.10 Å². The molecule has 0 radical (unpaired) electrons. The number of carbonyl (C=O) groups is 1. The first-order valence-electron chi connectivity index (χ1n) is 7.41. The van der Waals surface area contributed by atoms with E-state index < -0.39 is 0 Å². The number of hydrogen-bond donors (Lipinski definition) is 1. The van der Waals surface area contributed by atoms with Crippen molar-refractivity contribution < 1.29 is 4.79 Å². The van der Waals surface area contributed by atoms with Crippen molar-refractivity contribution in [2.45, 2.75) is 31.8 Å². The fraction of sp³-hybridized carbons (Fsp3) is 0.714. The molecule has 0 aromatic carbocycles. The average Bonchev–Trinajstić information content (AvgIpc) is 2.67. The summed E-state index contributed by atoms with van der Waals surface area (Å²) < 4.78 is 1.76. The molecule has 3 aliphatic rings. The summed E-state index contributed by atoms with van der Waals surface area (Å²) in [4.78, 5) is 17.0. The summed E-state index contributed by atoms with van der Waals surface area (Å²) in [7, 11) is 1.89. The lowest BCUT2D eigenvalue weighted by Crippen LogP contribution is -2.47. The Labute approximate surface area is 119 Å². The molecule has 0 aliphatic carbocycles.